The lowest BCUT2D eigenvalue weighted by molar-refractivity contribution is -0.191. The summed E-state index contributed by atoms with van der Waals surface area (Å²) < 4.78 is 11.2. The van der Waals surface area contributed by atoms with Gasteiger partial charge in [0.2, 0.25) is 0 Å². The molecule has 5 heteroatoms. The Morgan fingerprint density at radius 2 is 1.44 bits per heavy atom. The molecule has 0 unspecified atom stereocenters. The maximum Gasteiger partial charge on any atom is 0.324 e. The molecule has 0 amide bonds. The molecule has 5 nitrogen and oxygen atoms in total. The molecule has 0 bridgehead atoms. The molecule has 1 saturated carbocycles. The fraction of sp³-hybridized carbons (Fsp3) is 0.773. The summed E-state index contributed by atoms with van der Waals surface area (Å²) in [5.41, 5.74) is -3.09. The van der Waals surface area contributed by atoms with Crippen LogP contribution in [0.4, 0.5) is 0 Å². The van der Waals surface area contributed by atoms with Crippen LogP contribution in [0.3, 0.4) is 0 Å². The first-order valence-electron chi connectivity index (χ1n) is 9.84. The Hall–Kier alpha value is -1.65. The van der Waals surface area contributed by atoms with Gasteiger partial charge in [-0.3, -0.25) is 14.4 Å². The van der Waals surface area contributed by atoms with Crippen LogP contribution in [-0.4, -0.2) is 28.9 Å². The largest absolute Gasteiger partial charge is 0.459 e. The van der Waals surface area contributed by atoms with Gasteiger partial charge in [0.25, 0.3) is 0 Å². The number of hydrogen-bond donors (Lipinski definition) is 0. The molecule has 0 aromatic rings. The minimum atomic E-state index is -1.58. The van der Waals surface area contributed by atoms with Gasteiger partial charge in [-0.1, -0.05) is 26.0 Å². The molecule has 0 aliphatic heterocycles. The SMILES string of the molecule is C[C@@H]1[C@H]2C(=O)CC(C(=O)OC(C)(C)C)(C(=O)OC(C)(C)C)C[C@H]2C=C[C@H]1C. The van der Waals surface area contributed by atoms with Crippen molar-refractivity contribution in [1.82, 2.24) is 0 Å². The van der Waals surface area contributed by atoms with E-state index in [0.717, 1.165) is 0 Å². The van der Waals surface area contributed by atoms with Gasteiger partial charge in [-0.2, -0.15) is 0 Å². The zero-order valence-electron chi connectivity index (χ0n) is 17.9. The second-order valence-corrected chi connectivity index (χ2v) is 10.2. The number of carbonyl (C=O) groups is 3. The van der Waals surface area contributed by atoms with Crippen molar-refractivity contribution in [3.63, 3.8) is 0 Å². The molecule has 152 valence electrons. The summed E-state index contributed by atoms with van der Waals surface area (Å²) in [7, 11) is 0. The summed E-state index contributed by atoms with van der Waals surface area (Å²) in [5, 5.41) is 0. The monoisotopic (exact) mass is 378 g/mol. The van der Waals surface area contributed by atoms with Crippen LogP contribution in [-0.2, 0) is 23.9 Å². The van der Waals surface area contributed by atoms with Crippen LogP contribution in [0, 0.1) is 29.1 Å². The van der Waals surface area contributed by atoms with Gasteiger partial charge in [-0.05, 0) is 65.7 Å². The molecule has 27 heavy (non-hydrogen) atoms. The predicted molar refractivity (Wildman–Crippen MR) is 103 cm³/mol. The highest BCUT2D eigenvalue weighted by Crippen LogP contribution is 2.49. The van der Waals surface area contributed by atoms with Gasteiger partial charge in [-0.25, -0.2) is 0 Å². The topological polar surface area (TPSA) is 69.7 Å². The number of Topliss-reactive ketones (excluding diaryl/α,β-unsaturated/α-hetero) is 1. The number of esters is 2. The second-order valence-electron chi connectivity index (χ2n) is 10.2. The predicted octanol–water partition coefficient (Wildman–Crippen LogP) is 4.09. The van der Waals surface area contributed by atoms with Crippen molar-refractivity contribution in [1.29, 1.82) is 0 Å². The Balaban J connectivity index is 2.45. The number of rotatable bonds is 2. The quantitative estimate of drug-likeness (QED) is 0.411. The Bertz CT molecular complexity index is 619. The molecule has 2 rings (SSSR count). The Kier molecular flexibility index (Phi) is 5.66. The van der Waals surface area contributed by atoms with Crippen molar-refractivity contribution in [3.8, 4) is 0 Å². The first-order valence-corrected chi connectivity index (χ1v) is 9.84. The molecule has 0 N–H and O–H groups in total. The molecular weight excluding hydrogens is 344 g/mol. The molecule has 0 aromatic heterocycles. The third kappa shape index (κ3) is 4.61. The summed E-state index contributed by atoms with van der Waals surface area (Å²) in [4.78, 5) is 39.3. The van der Waals surface area contributed by atoms with Gasteiger partial charge in [0.1, 0.15) is 17.0 Å². The third-order valence-corrected chi connectivity index (χ3v) is 5.53. The molecule has 2 aliphatic carbocycles. The zero-order valence-corrected chi connectivity index (χ0v) is 17.9. The lowest BCUT2D eigenvalue weighted by atomic mass is 9.58. The maximum absolute atomic E-state index is 13.1. The van der Waals surface area contributed by atoms with Crippen molar-refractivity contribution in [2.24, 2.45) is 29.1 Å². The summed E-state index contributed by atoms with van der Waals surface area (Å²) in [6.07, 6.45) is 4.18. The minimum absolute atomic E-state index is 0.0494. The normalized spacial score (nSPS) is 30.4. The van der Waals surface area contributed by atoms with Crippen molar-refractivity contribution in [2.75, 3.05) is 0 Å². The minimum Gasteiger partial charge on any atom is -0.459 e. The smallest absolute Gasteiger partial charge is 0.324 e. The van der Waals surface area contributed by atoms with E-state index in [9.17, 15) is 14.4 Å². The van der Waals surface area contributed by atoms with Crippen LogP contribution in [0.15, 0.2) is 12.2 Å². The van der Waals surface area contributed by atoms with Crippen molar-refractivity contribution in [3.05, 3.63) is 12.2 Å². The number of fused-ring (bicyclic) bond motifs is 1. The van der Waals surface area contributed by atoms with Gasteiger partial charge >= 0.3 is 11.9 Å². The van der Waals surface area contributed by atoms with Crippen molar-refractivity contribution < 1.29 is 23.9 Å². The lowest BCUT2D eigenvalue weighted by Crippen LogP contribution is -2.54. The average molecular weight is 379 g/mol. The molecule has 1 fully saturated rings. The molecule has 0 radical (unpaired) electrons. The zero-order chi connectivity index (χ0) is 20.8. The van der Waals surface area contributed by atoms with E-state index in [0.29, 0.717) is 5.92 Å². The summed E-state index contributed by atoms with van der Waals surface area (Å²) in [6.45, 7) is 14.7. The second kappa shape index (κ2) is 7.06. The van der Waals surface area contributed by atoms with E-state index in [1.807, 2.05) is 6.08 Å². The van der Waals surface area contributed by atoms with Gasteiger partial charge in [-0.15, -0.1) is 0 Å². The summed E-state index contributed by atoms with van der Waals surface area (Å²) in [5.74, 6) is -1.20. The Morgan fingerprint density at radius 1 is 0.963 bits per heavy atom. The van der Waals surface area contributed by atoms with Crippen molar-refractivity contribution in [2.45, 2.75) is 79.4 Å². The molecule has 0 heterocycles. The molecule has 0 saturated heterocycles. The average Bonchev–Trinajstić information content (AvgIpc) is 2.46. The van der Waals surface area contributed by atoms with E-state index >= 15 is 0 Å². The van der Waals surface area contributed by atoms with Crippen molar-refractivity contribution >= 4 is 17.7 Å². The first kappa shape index (κ1) is 21.6. The van der Waals surface area contributed by atoms with Crippen LogP contribution in [0.25, 0.3) is 0 Å². The summed E-state index contributed by atoms with van der Waals surface area (Å²) in [6, 6.07) is 0. The molecule has 0 aromatic carbocycles. The number of carbonyl (C=O) groups excluding carboxylic acids is 3. The van der Waals surface area contributed by atoms with E-state index in [-0.39, 0.29) is 36.4 Å². The molecule has 2 aliphatic rings. The molecule has 0 spiro atoms. The van der Waals surface area contributed by atoms with Crippen LogP contribution in [0.1, 0.15) is 68.2 Å². The van der Waals surface area contributed by atoms with Gasteiger partial charge < -0.3 is 9.47 Å². The number of ketones is 1. The number of hydrogen-bond acceptors (Lipinski definition) is 5. The van der Waals surface area contributed by atoms with E-state index < -0.39 is 28.6 Å². The van der Waals surface area contributed by atoms with Crippen LogP contribution in [0.5, 0.6) is 0 Å². The van der Waals surface area contributed by atoms with E-state index in [1.165, 1.54) is 0 Å². The first-order chi connectivity index (χ1) is 12.2. The van der Waals surface area contributed by atoms with Crippen LogP contribution < -0.4 is 0 Å². The fourth-order valence-corrected chi connectivity index (χ4v) is 4.09. The summed E-state index contributed by atoms with van der Waals surface area (Å²) >= 11 is 0. The standard InChI is InChI=1S/C22H34O5/c1-13-9-10-15-11-22(18(24)26-20(3,4)5,19(25)27-21(6,7)8)12-16(23)17(15)14(13)2/h9-10,13-15,17H,11-12H2,1-8H3/t13-,14+,15-,17-/m1/s1. The highest BCUT2D eigenvalue weighted by Gasteiger charge is 2.59. The van der Waals surface area contributed by atoms with Crippen LogP contribution in [0.2, 0.25) is 0 Å². The van der Waals surface area contributed by atoms with Gasteiger partial charge in [0, 0.05) is 12.3 Å². The van der Waals surface area contributed by atoms with E-state index in [2.05, 4.69) is 19.9 Å². The van der Waals surface area contributed by atoms with Crippen LogP contribution >= 0.6 is 0 Å². The highest BCUT2D eigenvalue weighted by atomic mass is 16.6. The Labute approximate surface area is 162 Å². The Morgan fingerprint density at radius 3 is 1.89 bits per heavy atom. The van der Waals surface area contributed by atoms with E-state index in [1.54, 1.807) is 41.5 Å². The molecular formula is C22H34O5. The van der Waals surface area contributed by atoms with Gasteiger partial charge in [0.05, 0.1) is 0 Å². The number of allylic oxidation sites excluding steroid dienone is 2. The number of ether oxygens (including phenoxy) is 2. The lowest BCUT2D eigenvalue weighted by Gasteiger charge is -2.45. The highest BCUT2D eigenvalue weighted by molar-refractivity contribution is 6.05. The van der Waals surface area contributed by atoms with E-state index in [4.69, 9.17) is 9.47 Å². The van der Waals surface area contributed by atoms with Gasteiger partial charge in [0.15, 0.2) is 5.41 Å². The third-order valence-electron chi connectivity index (χ3n) is 5.53. The fourth-order valence-electron chi connectivity index (χ4n) is 4.09. The molecule has 4 atom stereocenters. The maximum atomic E-state index is 13.1.